The van der Waals surface area contributed by atoms with Gasteiger partial charge in [0.05, 0.1) is 13.5 Å². The summed E-state index contributed by atoms with van der Waals surface area (Å²) in [5.74, 6) is 0.409. The van der Waals surface area contributed by atoms with Crippen molar-refractivity contribution >= 4 is 5.97 Å². The van der Waals surface area contributed by atoms with Gasteiger partial charge in [0.1, 0.15) is 0 Å². The minimum atomic E-state index is -0.119. The lowest BCUT2D eigenvalue weighted by atomic mass is 9.94. The highest BCUT2D eigenvalue weighted by molar-refractivity contribution is 5.69. The normalized spacial score (nSPS) is 14.7. The zero-order chi connectivity index (χ0) is 11.7. The summed E-state index contributed by atoms with van der Waals surface area (Å²) in [6.07, 6.45) is 3.89. The monoisotopic (exact) mass is 215 g/mol. The van der Waals surface area contributed by atoms with E-state index in [-0.39, 0.29) is 12.0 Å². The molecule has 0 spiro atoms. The molecular weight excluding hydrogens is 190 g/mol. The third-order valence-electron chi connectivity index (χ3n) is 2.70. The van der Waals surface area contributed by atoms with E-state index in [9.17, 15) is 4.79 Å². The molecule has 0 aliphatic heterocycles. The van der Waals surface area contributed by atoms with E-state index < -0.39 is 0 Å². The lowest BCUT2D eigenvalue weighted by molar-refractivity contribution is -0.141. The fourth-order valence-corrected chi connectivity index (χ4v) is 1.72. The van der Waals surface area contributed by atoms with Crippen LogP contribution in [0, 0.1) is 5.92 Å². The van der Waals surface area contributed by atoms with Gasteiger partial charge in [0, 0.05) is 6.04 Å². The van der Waals surface area contributed by atoms with Crippen LogP contribution < -0.4 is 5.32 Å². The van der Waals surface area contributed by atoms with Crippen molar-refractivity contribution in [3.63, 3.8) is 0 Å². The number of carbonyl (C=O) groups is 1. The van der Waals surface area contributed by atoms with Crippen molar-refractivity contribution < 1.29 is 9.53 Å². The maximum absolute atomic E-state index is 11.2. The summed E-state index contributed by atoms with van der Waals surface area (Å²) in [6, 6.07) is 0.261. The molecule has 0 heterocycles. The van der Waals surface area contributed by atoms with Gasteiger partial charge in [-0.15, -0.1) is 0 Å². The van der Waals surface area contributed by atoms with Crippen LogP contribution in [0.15, 0.2) is 0 Å². The van der Waals surface area contributed by atoms with Crippen LogP contribution in [0.4, 0.5) is 0 Å². The van der Waals surface area contributed by atoms with Gasteiger partial charge in [-0.05, 0) is 25.3 Å². The lowest BCUT2D eigenvalue weighted by Gasteiger charge is -2.23. The number of ether oxygens (including phenoxy) is 1. The highest BCUT2D eigenvalue weighted by Crippen LogP contribution is 2.14. The van der Waals surface area contributed by atoms with Gasteiger partial charge < -0.3 is 10.1 Å². The summed E-state index contributed by atoms with van der Waals surface area (Å²) < 4.78 is 4.71. The molecule has 0 bridgehead atoms. The molecule has 0 fully saturated rings. The number of esters is 1. The van der Waals surface area contributed by atoms with Crippen LogP contribution in [0.25, 0.3) is 0 Å². The second-order valence-electron chi connectivity index (χ2n) is 4.11. The third kappa shape index (κ3) is 6.50. The predicted molar refractivity (Wildman–Crippen MR) is 62.8 cm³/mol. The van der Waals surface area contributed by atoms with Crippen LogP contribution in [0.3, 0.4) is 0 Å². The molecule has 0 radical (unpaired) electrons. The maximum atomic E-state index is 11.2. The van der Waals surface area contributed by atoms with Crippen molar-refractivity contribution in [2.75, 3.05) is 13.7 Å². The SMILES string of the molecule is CCCNC(CC(=O)OC)C(C)CCC. The van der Waals surface area contributed by atoms with E-state index in [1.54, 1.807) is 0 Å². The van der Waals surface area contributed by atoms with Gasteiger partial charge in [-0.2, -0.15) is 0 Å². The molecule has 2 unspecified atom stereocenters. The smallest absolute Gasteiger partial charge is 0.307 e. The standard InChI is InChI=1S/C12H25NO2/c1-5-7-10(3)11(13-8-6-2)9-12(14)15-4/h10-11,13H,5-9H2,1-4H3. The van der Waals surface area contributed by atoms with Crippen molar-refractivity contribution in [1.82, 2.24) is 5.32 Å². The Kier molecular flexibility index (Phi) is 8.38. The van der Waals surface area contributed by atoms with Crippen LogP contribution in [0.2, 0.25) is 0 Å². The van der Waals surface area contributed by atoms with E-state index in [0.29, 0.717) is 12.3 Å². The summed E-state index contributed by atoms with van der Waals surface area (Å²) >= 11 is 0. The summed E-state index contributed by atoms with van der Waals surface area (Å²) in [5.41, 5.74) is 0. The predicted octanol–water partition coefficient (Wildman–Crippen LogP) is 2.35. The molecule has 0 aliphatic carbocycles. The van der Waals surface area contributed by atoms with Crippen LogP contribution in [-0.2, 0) is 9.53 Å². The average Bonchev–Trinajstić information content (AvgIpc) is 2.24. The number of nitrogens with one attached hydrogen (secondary N) is 1. The van der Waals surface area contributed by atoms with E-state index >= 15 is 0 Å². The summed E-state index contributed by atoms with van der Waals surface area (Å²) in [7, 11) is 1.45. The van der Waals surface area contributed by atoms with E-state index in [2.05, 4.69) is 26.1 Å². The molecule has 0 saturated heterocycles. The number of methoxy groups -OCH3 is 1. The topological polar surface area (TPSA) is 38.3 Å². The molecule has 1 N–H and O–H groups in total. The molecule has 0 aromatic rings. The molecule has 0 aromatic carbocycles. The molecule has 0 saturated carbocycles. The van der Waals surface area contributed by atoms with Crippen molar-refractivity contribution in [2.24, 2.45) is 5.92 Å². The fraction of sp³-hybridized carbons (Fsp3) is 0.917. The third-order valence-corrected chi connectivity index (χ3v) is 2.70. The maximum Gasteiger partial charge on any atom is 0.307 e. The Labute approximate surface area is 93.6 Å². The molecule has 2 atom stereocenters. The van der Waals surface area contributed by atoms with Gasteiger partial charge in [-0.25, -0.2) is 0 Å². The Balaban J connectivity index is 4.09. The molecule has 0 aliphatic rings. The first kappa shape index (κ1) is 14.4. The molecule has 3 heteroatoms. The van der Waals surface area contributed by atoms with Crippen molar-refractivity contribution in [3.05, 3.63) is 0 Å². The highest BCUT2D eigenvalue weighted by atomic mass is 16.5. The van der Waals surface area contributed by atoms with E-state index in [4.69, 9.17) is 4.74 Å². The Morgan fingerprint density at radius 1 is 1.33 bits per heavy atom. The molecule has 0 aromatic heterocycles. The number of carbonyl (C=O) groups excluding carboxylic acids is 1. The summed E-state index contributed by atoms with van der Waals surface area (Å²) in [4.78, 5) is 11.2. The van der Waals surface area contributed by atoms with E-state index in [1.165, 1.54) is 7.11 Å². The lowest BCUT2D eigenvalue weighted by Crippen LogP contribution is -2.37. The van der Waals surface area contributed by atoms with Crippen LogP contribution in [0.1, 0.15) is 46.5 Å². The number of rotatable bonds is 8. The Morgan fingerprint density at radius 2 is 2.00 bits per heavy atom. The van der Waals surface area contributed by atoms with Gasteiger partial charge >= 0.3 is 5.97 Å². The zero-order valence-corrected chi connectivity index (χ0v) is 10.5. The average molecular weight is 215 g/mol. The molecule has 0 amide bonds. The first-order chi connectivity index (χ1) is 7.15. The van der Waals surface area contributed by atoms with E-state index in [1.807, 2.05) is 0 Å². The van der Waals surface area contributed by atoms with E-state index in [0.717, 1.165) is 25.8 Å². The second-order valence-corrected chi connectivity index (χ2v) is 4.11. The molecule has 90 valence electrons. The first-order valence-electron chi connectivity index (χ1n) is 5.95. The van der Waals surface area contributed by atoms with Crippen molar-refractivity contribution in [2.45, 2.75) is 52.5 Å². The quantitative estimate of drug-likeness (QED) is 0.632. The Hall–Kier alpha value is -0.570. The number of hydrogen-bond acceptors (Lipinski definition) is 3. The van der Waals surface area contributed by atoms with Gasteiger partial charge in [-0.1, -0.05) is 27.2 Å². The summed E-state index contributed by atoms with van der Waals surface area (Å²) in [6.45, 7) is 7.47. The fourth-order valence-electron chi connectivity index (χ4n) is 1.72. The minimum absolute atomic E-state index is 0.119. The van der Waals surface area contributed by atoms with Crippen LogP contribution >= 0.6 is 0 Å². The Bertz CT molecular complexity index is 171. The van der Waals surface area contributed by atoms with Gasteiger partial charge in [-0.3, -0.25) is 4.79 Å². The van der Waals surface area contributed by atoms with Crippen LogP contribution in [-0.4, -0.2) is 25.7 Å². The first-order valence-corrected chi connectivity index (χ1v) is 5.95. The second kappa shape index (κ2) is 8.72. The van der Waals surface area contributed by atoms with Crippen molar-refractivity contribution in [1.29, 1.82) is 0 Å². The minimum Gasteiger partial charge on any atom is -0.469 e. The molecular formula is C12H25NO2. The largest absolute Gasteiger partial charge is 0.469 e. The molecule has 3 nitrogen and oxygen atoms in total. The Morgan fingerprint density at radius 3 is 2.47 bits per heavy atom. The summed E-state index contributed by atoms with van der Waals surface area (Å²) in [5, 5.41) is 3.42. The van der Waals surface area contributed by atoms with Crippen molar-refractivity contribution in [3.8, 4) is 0 Å². The number of hydrogen-bond donors (Lipinski definition) is 1. The zero-order valence-electron chi connectivity index (χ0n) is 10.5. The molecule has 0 rings (SSSR count). The van der Waals surface area contributed by atoms with Gasteiger partial charge in [0.25, 0.3) is 0 Å². The van der Waals surface area contributed by atoms with Crippen LogP contribution in [0.5, 0.6) is 0 Å². The van der Waals surface area contributed by atoms with Gasteiger partial charge in [0.15, 0.2) is 0 Å². The van der Waals surface area contributed by atoms with Gasteiger partial charge in [0.2, 0.25) is 0 Å². The highest BCUT2D eigenvalue weighted by Gasteiger charge is 2.19. The molecule has 15 heavy (non-hydrogen) atoms.